The van der Waals surface area contributed by atoms with E-state index in [4.69, 9.17) is 5.73 Å². The Labute approximate surface area is 143 Å². The molecule has 2 heterocycles. The van der Waals surface area contributed by atoms with Gasteiger partial charge in [-0.25, -0.2) is 8.42 Å². The van der Waals surface area contributed by atoms with Crippen LogP contribution in [-0.4, -0.2) is 70.9 Å². The van der Waals surface area contributed by atoms with Gasteiger partial charge in [-0.1, -0.05) is 0 Å². The quantitative estimate of drug-likeness (QED) is 0.793. The van der Waals surface area contributed by atoms with E-state index in [2.05, 4.69) is 19.7 Å². The predicted molar refractivity (Wildman–Crippen MR) is 89.9 cm³/mol. The van der Waals surface area contributed by atoms with E-state index in [0.717, 1.165) is 44.1 Å². The molecule has 0 atom stereocenters. The Morgan fingerprint density at radius 2 is 1.79 bits per heavy atom. The first-order chi connectivity index (χ1) is 11.4. The number of nitrogens with zero attached hydrogens (tertiary/aromatic N) is 5. The van der Waals surface area contributed by atoms with Crippen LogP contribution in [0.4, 0.5) is 0 Å². The van der Waals surface area contributed by atoms with E-state index >= 15 is 0 Å². The summed E-state index contributed by atoms with van der Waals surface area (Å²) >= 11 is 0. The van der Waals surface area contributed by atoms with Gasteiger partial charge in [0, 0.05) is 44.2 Å². The van der Waals surface area contributed by atoms with Crippen molar-refractivity contribution in [3.05, 3.63) is 11.6 Å². The molecular weight excluding hydrogens is 328 g/mol. The van der Waals surface area contributed by atoms with Gasteiger partial charge in [0.2, 0.25) is 10.0 Å². The smallest absolute Gasteiger partial charge is 0.211 e. The van der Waals surface area contributed by atoms with Crippen LogP contribution in [-0.2, 0) is 16.6 Å². The van der Waals surface area contributed by atoms with E-state index in [-0.39, 0.29) is 0 Å². The molecule has 3 fully saturated rings. The fourth-order valence-corrected chi connectivity index (χ4v) is 4.57. The molecule has 4 rings (SSSR count). The highest BCUT2D eigenvalue weighted by Gasteiger charge is 2.37. The van der Waals surface area contributed by atoms with Crippen molar-refractivity contribution in [2.75, 3.05) is 32.4 Å². The van der Waals surface area contributed by atoms with E-state index in [1.54, 1.807) is 4.31 Å². The van der Waals surface area contributed by atoms with Gasteiger partial charge >= 0.3 is 0 Å². The minimum absolute atomic E-state index is 0.312. The van der Waals surface area contributed by atoms with Crippen LogP contribution in [0.3, 0.4) is 0 Å². The molecule has 2 saturated carbocycles. The molecule has 1 aromatic heterocycles. The SMILES string of the molecule is CS(=O)(=O)N1CCN(Cc2nnc(C3CC(N)C3)n2C2CC2)CC1. The molecule has 134 valence electrons. The number of hydrogen-bond acceptors (Lipinski definition) is 6. The van der Waals surface area contributed by atoms with E-state index in [0.29, 0.717) is 31.1 Å². The van der Waals surface area contributed by atoms with Crippen molar-refractivity contribution in [3.8, 4) is 0 Å². The van der Waals surface area contributed by atoms with Crippen molar-refractivity contribution < 1.29 is 8.42 Å². The Balaban J connectivity index is 1.44. The second-order valence-corrected chi connectivity index (χ2v) is 9.42. The second-order valence-electron chi connectivity index (χ2n) is 7.44. The van der Waals surface area contributed by atoms with Crippen LogP contribution in [0.5, 0.6) is 0 Å². The van der Waals surface area contributed by atoms with Gasteiger partial charge in [-0.3, -0.25) is 4.90 Å². The number of rotatable bonds is 5. The number of sulfonamides is 1. The van der Waals surface area contributed by atoms with Crippen LogP contribution in [0.2, 0.25) is 0 Å². The van der Waals surface area contributed by atoms with Crippen molar-refractivity contribution >= 4 is 10.0 Å². The zero-order chi connectivity index (χ0) is 16.9. The summed E-state index contributed by atoms with van der Waals surface area (Å²) in [6.45, 7) is 3.35. The molecule has 0 bridgehead atoms. The topological polar surface area (TPSA) is 97.3 Å². The molecule has 9 heteroatoms. The maximum absolute atomic E-state index is 11.6. The molecule has 24 heavy (non-hydrogen) atoms. The summed E-state index contributed by atoms with van der Waals surface area (Å²) in [5.74, 6) is 2.61. The second kappa shape index (κ2) is 6.05. The van der Waals surface area contributed by atoms with Gasteiger partial charge in [0.05, 0.1) is 12.8 Å². The first-order valence-corrected chi connectivity index (χ1v) is 10.6. The molecule has 1 aliphatic heterocycles. The van der Waals surface area contributed by atoms with Crippen LogP contribution in [0.15, 0.2) is 0 Å². The highest BCUT2D eigenvalue weighted by Crippen LogP contribution is 2.42. The predicted octanol–water partition coefficient (Wildman–Crippen LogP) is -0.105. The first kappa shape index (κ1) is 16.4. The lowest BCUT2D eigenvalue weighted by Gasteiger charge is -2.33. The third-order valence-electron chi connectivity index (χ3n) is 5.41. The highest BCUT2D eigenvalue weighted by atomic mass is 32.2. The summed E-state index contributed by atoms with van der Waals surface area (Å²) < 4.78 is 27.1. The number of nitrogens with two attached hydrogens (primary N) is 1. The zero-order valence-corrected chi connectivity index (χ0v) is 15.0. The van der Waals surface area contributed by atoms with Gasteiger partial charge in [0.15, 0.2) is 0 Å². The molecule has 3 aliphatic rings. The minimum Gasteiger partial charge on any atom is -0.328 e. The van der Waals surface area contributed by atoms with Gasteiger partial charge in [0.1, 0.15) is 11.6 Å². The summed E-state index contributed by atoms with van der Waals surface area (Å²) in [5.41, 5.74) is 5.93. The lowest BCUT2D eigenvalue weighted by atomic mass is 9.80. The molecule has 2 N–H and O–H groups in total. The summed E-state index contributed by atoms with van der Waals surface area (Å²) in [5, 5.41) is 8.94. The van der Waals surface area contributed by atoms with Crippen molar-refractivity contribution in [2.45, 2.75) is 50.2 Å². The normalized spacial score (nSPS) is 29.6. The van der Waals surface area contributed by atoms with Gasteiger partial charge < -0.3 is 10.3 Å². The molecule has 0 amide bonds. The lowest BCUT2D eigenvalue weighted by Crippen LogP contribution is -2.48. The van der Waals surface area contributed by atoms with E-state index < -0.39 is 10.0 Å². The van der Waals surface area contributed by atoms with Gasteiger partial charge in [-0.05, 0) is 25.7 Å². The fourth-order valence-electron chi connectivity index (χ4n) is 3.75. The Bertz CT molecular complexity index is 700. The van der Waals surface area contributed by atoms with Crippen LogP contribution >= 0.6 is 0 Å². The standard InChI is InChI=1S/C15H26N6O2S/c1-24(22,23)20-6-4-19(5-7-20)10-14-17-18-15(11-8-12(16)9-11)21(14)13-2-3-13/h11-13H,2-10,16H2,1H3. The average Bonchev–Trinajstić information content (AvgIpc) is 3.25. The average molecular weight is 354 g/mol. The molecule has 1 saturated heterocycles. The van der Waals surface area contributed by atoms with Crippen molar-refractivity contribution in [1.29, 1.82) is 0 Å². The van der Waals surface area contributed by atoms with Gasteiger partial charge in [0.25, 0.3) is 0 Å². The monoisotopic (exact) mass is 354 g/mol. The Morgan fingerprint density at radius 1 is 1.12 bits per heavy atom. The molecule has 0 unspecified atom stereocenters. The lowest BCUT2D eigenvalue weighted by molar-refractivity contribution is 0.176. The summed E-state index contributed by atoms with van der Waals surface area (Å²) in [7, 11) is -3.08. The zero-order valence-electron chi connectivity index (χ0n) is 14.1. The molecular formula is C15H26N6O2S. The highest BCUT2D eigenvalue weighted by molar-refractivity contribution is 7.88. The van der Waals surface area contributed by atoms with Crippen LogP contribution in [0, 0.1) is 0 Å². The van der Waals surface area contributed by atoms with E-state index in [1.807, 2.05) is 0 Å². The van der Waals surface area contributed by atoms with E-state index in [9.17, 15) is 8.42 Å². The van der Waals surface area contributed by atoms with Crippen molar-refractivity contribution in [1.82, 2.24) is 24.0 Å². The van der Waals surface area contributed by atoms with Gasteiger partial charge in [-0.15, -0.1) is 10.2 Å². The maximum atomic E-state index is 11.6. The van der Waals surface area contributed by atoms with Gasteiger partial charge in [-0.2, -0.15) is 4.31 Å². The number of hydrogen-bond donors (Lipinski definition) is 1. The minimum atomic E-state index is -3.08. The maximum Gasteiger partial charge on any atom is 0.211 e. The number of piperazine rings is 1. The van der Waals surface area contributed by atoms with Crippen LogP contribution in [0.1, 0.15) is 49.3 Å². The molecule has 8 nitrogen and oxygen atoms in total. The summed E-state index contributed by atoms with van der Waals surface area (Å²) in [6.07, 6.45) is 5.72. The third kappa shape index (κ3) is 3.22. The van der Waals surface area contributed by atoms with Crippen molar-refractivity contribution in [2.24, 2.45) is 5.73 Å². The molecule has 2 aliphatic carbocycles. The molecule has 0 radical (unpaired) electrons. The Kier molecular flexibility index (Phi) is 4.14. The van der Waals surface area contributed by atoms with E-state index in [1.165, 1.54) is 19.1 Å². The van der Waals surface area contributed by atoms with Crippen molar-refractivity contribution in [3.63, 3.8) is 0 Å². The third-order valence-corrected chi connectivity index (χ3v) is 6.71. The van der Waals surface area contributed by atoms with Crippen LogP contribution < -0.4 is 5.73 Å². The molecule has 0 spiro atoms. The summed E-state index contributed by atoms with van der Waals surface area (Å²) in [4.78, 5) is 2.28. The number of aromatic nitrogens is 3. The fraction of sp³-hybridized carbons (Fsp3) is 0.867. The molecule has 0 aromatic carbocycles. The largest absolute Gasteiger partial charge is 0.328 e. The first-order valence-electron chi connectivity index (χ1n) is 8.78. The Hall–Kier alpha value is -1.03. The Morgan fingerprint density at radius 3 is 2.33 bits per heavy atom. The van der Waals surface area contributed by atoms with Crippen LogP contribution in [0.25, 0.3) is 0 Å². The summed E-state index contributed by atoms with van der Waals surface area (Å²) in [6, 6.07) is 0.867. The molecule has 1 aromatic rings.